The van der Waals surface area contributed by atoms with E-state index in [-0.39, 0.29) is 0 Å². The Kier molecular flexibility index (Phi) is 3.98. The zero-order valence-corrected chi connectivity index (χ0v) is 12.9. The molecule has 0 amide bonds. The number of aryl methyl sites for hydroxylation is 1. The fourth-order valence-corrected chi connectivity index (χ4v) is 4.30. The van der Waals surface area contributed by atoms with Crippen LogP contribution >= 0.6 is 0 Å². The predicted molar refractivity (Wildman–Crippen MR) is 83.6 cm³/mol. The maximum Gasteiger partial charge on any atom is 0.0646 e. The Balaban J connectivity index is 1.70. The molecule has 0 saturated carbocycles. The topological polar surface area (TPSA) is 9.23 Å². The lowest BCUT2D eigenvalue weighted by atomic mass is 9.65. The van der Waals surface area contributed by atoms with Gasteiger partial charge >= 0.3 is 0 Å². The highest BCUT2D eigenvalue weighted by molar-refractivity contribution is 5.18. The largest absolute Gasteiger partial charge is 0.377 e. The third-order valence-electron chi connectivity index (χ3n) is 5.43. The monoisotopic (exact) mass is 270 g/mol. The Labute approximate surface area is 123 Å². The molecule has 0 spiro atoms. The number of hydrogen-bond acceptors (Lipinski definition) is 1. The van der Waals surface area contributed by atoms with Crippen LogP contribution in [-0.4, -0.2) is 12.7 Å². The Morgan fingerprint density at radius 1 is 1.15 bits per heavy atom. The number of allylic oxidation sites excluding steroid dienone is 1. The molecule has 1 fully saturated rings. The molecule has 0 N–H and O–H groups in total. The summed E-state index contributed by atoms with van der Waals surface area (Å²) in [6.45, 7) is 8.02. The zero-order valence-electron chi connectivity index (χ0n) is 12.9. The van der Waals surface area contributed by atoms with E-state index in [1.54, 1.807) is 5.57 Å². The van der Waals surface area contributed by atoms with Gasteiger partial charge in [-0.25, -0.2) is 0 Å². The van der Waals surface area contributed by atoms with Crippen LogP contribution in [0, 0.1) is 23.7 Å². The van der Waals surface area contributed by atoms with Gasteiger partial charge in [0.25, 0.3) is 0 Å². The number of fused-ring (bicyclic) bond motifs is 2. The van der Waals surface area contributed by atoms with Crippen LogP contribution in [0.3, 0.4) is 0 Å². The molecule has 1 saturated heterocycles. The van der Waals surface area contributed by atoms with Gasteiger partial charge in [0, 0.05) is 5.92 Å². The van der Waals surface area contributed by atoms with Gasteiger partial charge in [-0.3, -0.25) is 0 Å². The van der Waals surface area contributed by atoms with Crippen LogP contribution in [0.4, 0.5) is 0 Å². The van der Waals surface area contributed by atoms with Crippen molar-refractivity contribution in [2.75, 3.05) is 6.61 Å². The van der Waals surface area contributed by atoms with Crippen molar-refractivity contribution in [1.82, 2.24) is 0 Å². The summed E-state index contributed by atoms with van der Waals surface area (Å²) in [5, 5.41) is 0. The van der Waals surface area contributed by atoms with Crippen molar-refractivity contribution in [3.05, 3.63) is 47.5 Å². The molecule has 2 aliphatic rings. The Hall–Kier alpha value is -1.08. The molecule has 2 bridgehead atoms. The summed E-state index contributed by atoms with van der Waals surface area (Å²) in [5.74, 6) is 2.80. The maximum absolute atomic E-state index is 6.24. The highest BCUT2D eigenvalue weighted by Crippen LogP contribution is 2.45. The van der Waals surface area contributed by atoms with E-state index in [4.69, 9.17) is 4.74 Å². The highest BCUT2D eigenvalue weighted by atomic mass is 16.5. The second-order valence-electron chi connectivity index (χ2n) is 6.71. The van der Waals surface area contributed by atoms with E-state index in [0.29, 0.717) is 17.9 Å². The molecule has 1 aliphatic carbocycles. The van der Waals surface area contributed by atoms with Crippen molar-refractivity contribution in [1.29, 1.82) is 0 Å². The number of hydrogen-bond donors (Lipinski definition) is 0. The molecular weight excluding hydrogens is 244 g/mol. The van der Waals surface area contributed by atoms with Gasteiger partial charge in [-0.2, -0.15) is 0 Å². The average molecular weight is 270 g/mol. The van der Waals surface area contributed by atoms with Crippen molar-refractivity contribution in [3.8, 4) is 0 Å². The number of benzene rings is 1. The van der Waals surface area contributed by atoms with Crippen LogP contribution in [0.25, 0.3) is 0 Å². The van der Waals surface area contributed by atoms with Crippen LogP contribution in [0.15, 0.2) is 42.0 Å². The SMILES string of the molecule is CC1=C[C@H](C)[C@H]2CO[C@H](CCc3ccccc3)[C@H]1[C@@H]2C. The molecule has 0 radical (unpaired) electrons. The normalized spacial score (nSPS) is 36.5. The Bertz CT molecular complexity index is 476. The lowest BCUT2D eigenvalue weighted by molar-refractivity contribution is -0.0935. The molecule has 0 unspecified atom stereocenters. The van der Waals surface area contributed by atoms with Crippen LogP contribution in [0.2, 0.25) is 0 Å². The summed E-state index contributed by atoms with van der Waals surface area (Å²) in [6, 6.07) is 10.8. The molecular formula is C19H26O. The molecule has 3 rings (SSSR count). The third-order valence-corrected chi connectivity index (χ3v) is 5.43. The summed E-state index contributed by atoms with van der Waals surface area (Å²) in [7, 11) is 0. The molecule has 1 aromatic carbocycles. The van der Waals surface area contributed by atoms with Crippen molar-refractivity contribution >= 4 is 0 Å². The molecule has 1 heterocycles. The summed E-state index contributed by atoms with van der Waals surface area (Å²) in [4.78, 5) is 0. The summed E-state index contributed by atoms with van der Waals surface area (Å²) in [6.07, 6.45) is 5.17. The van der Waals surface area contributed by atoms with Crippen molar-refractivity contribution in [2.24, 2.45) is 23.7 Å². The summed E-state index contributed by atoms with van der Waals surface area (Å²) < 4.78 is 6.24. The van der Waals surface area contributed by atoms with Gasteiger partial charge in [-0.15, -0.1) is 0 Å². The molecule has 108 valence electrons. The van der Waals surface area contributed by atoms with Gasteiger partial charge in [0.1, 0.15) is 0 Å². The molecule has 1 aliphatic heterocycles. The first kappa shape index (κ1) is 13.9. The summed E-state index contributed by atoms with van der Waals surface area (Å²) >= 11 is 0. The zero-order chi connectivity index (χ0) is 14.1. The quantitative estimate of drug-likeness (QED) is 0.736. The lowest BCUT2D eigenvalue weighted by Gasteiger charge is -2.47. The number of ether oxygens (including phenoxy) is 1. The first-order valence-corrected chi connectivity index (χ1v) is 8.00. The van der Waals surface area contributed by atoms with E-state index in [0.717, 1.165) is 31.3 Å². The van der Waals surface area contributed by atoms with E-state index in [1.807, 2.05) is 0 Å². The van der Waals surface area contributed by atoms with Gasteiger partial charge in [-0.1, -0.05) is 55.8 Å². The van der Waals surface area contributed by atoms with Gasteiger partial charge in [0.2, 0.25) is 0 Å². The van der Waals surface area contributed by atoms with E-state index >= 15 is 0 Å². The van der Waals surface area contributed by atoms with Gasteiger partial charge in [0.05, 0.1) is 12.7 Å². The first-order chi connectivity index (χ1) is 9.66. The molecule has 5 atom stereocenters. The third kappa shape index (κ3) is 2.56. The van der Waals surface area contributed by atoms with Crippen molar-refractivity contribution < 1.29 is 4.74 Å². The molecule has 0 aromatic heterocycles. The van der Waals surface area contributed by atoms with Gasteiger partial charge in [0.15, 0.2) is 0 Å². The maximum atomic E-state index is 6.24. The highest BCUT2D eigenvalue weighted by Gasteiger charge is 2.42. The molecule has 1 aromatic rings. The van der Waals surface area contributed by atoms with E-state index in [1.165, 1.54) is 5.56 Å². The average Bonchev–Trinajstić information content (AvgIpc) is 2.44. The van der Waals surface area contributed by atoms with Gasteiger partial charge < -0.3 is 4.74 Å². The fraction of sp³-hybridized carbons (Fsp3) is 0.579. The summed E-state index contributed by atoms with van der Waals surface area (Å²) in [5.41, 5.74) is 2.98. The Morgan fingerprint density at radius 3 is 2.65 bits per heavy atom. The van der Waals surface area contributed by atoms with Crippen LogP contribution in [-0.2, 0) is 11.2 Å². The van der Waals surface area contributed by atoms with Gasteiger partial charge in [-0.05, 0) is 43.1 Å². The van der Waals surface area contributed by atoms with Crippen LogP contribution in [0.5, 0.6) is 0 Å². The minimum absolute atomic E-state index is 0.408. The van der Waals surface area contributed by atoms with Crippen molar-refractivity contribution in [2.45, 2.75) is 39.7 Å². The lowest BCUT2D eigenvalue weighted by Crippen LogP contribution is -2.46. The first-order valence-electron chi connectivity index (χ1n) is 8.00. The Morgan fingerprint density at radius 2 is 1.90 bits per heavy atom. The van der Waals surface area contributed by atoms with E-state index in [9.17, 15) is 0 Å². The minimum atomic E-state index is 0.408. The predicted octanol–water partition coefficient (Wildman–Crippen LogP) is 4.48. The smallest absolute Gasteiger partial charge is 0.0646 e. The standard InChI is InChI=1S/C19H26O/c1-13-11-14(2)19-15(3)17(13)12-20-18(19)10-9-16-7-5-4-6-8-16/h4-8,11,13,15,17-19H,9-10,12H2,1-3H3/t13-,15+,17+,18+,19+/m0/s1. The minimum Gasteiger partial charge on any atom is -0.377 e. The second kappa shape index (κ2) is 5.73. The molecule has 1 heteroatoms. The molecule has 20 heavy (non-hydrogen) atoms. The number of rotatable bonds is 3. The van der Waals surface area contributed by atoms with Crippen LogP contribution in [0.1, 0.15) is 32.8 Å². The van der Waals surface area contributed by atoms with E-state index in [2.05, 4.69) is 57.2 Å². The van der Waals surface area contributed by atoms with E-state index < -0.39 is 0 Å². The second-order valence-corrected chi connectivity index (χ2v) is 6.71. The van der Waals surface area contributed by atoms with Crippen molar-refractivity contribution in [3.63, 3.8) is 0 Å². The fourth-order valence-electron chi connectivity index (χ4n) is 4.30. The van der Waals surface area contributed by atoms with Crippen LogP contribution < -0.4 is 0 Å². The molecule has 1 nitrogen and oxygen atoms in total.